The van der Waals surface area contributed by atoms with Crippen molar-refractivity contribution in [2.45, 2.75) is 0 Å². The Kier molecular flexibility index (Phi) is 3.24. The van der Waals surface area contributed by atoms with Crippen LogP contribution in [-0.4, -0.2) is 9.97 Å². The summed E-state index contributed by atoms with van der Waals surface area (Å²) < 4.78 is 39.1. The molecule has 3 N–H and O–H groups in total. The molecule has 4 nitrogen and oxygen atoms in total. The summed E-state index contributed by atoms with van der Waals surface area (Å²) in [4.78, 5) is 7.31. The second-order valence-corrected chi connectivity index (χ2v) is 3.67. The number of nitrogens with zero attached hydrogens (tertiary/aromatic N) is 2. The molecule has 0 unspecified atom stereocenters. The molecule has 0 atom stereocenters. The molecular formula is C10H6ClF3N4. The number of hydrogen-bond donors (Lipinski definition) is 2. The molecule has 0 aliphatic heterocycles. The molecule has 0 saturated carbocycles. The van der Waals surface area contributed by atoms with Crippen LogP contribution in [0.15, 0.2) is 18.5 Å². The molecule has 0 bridgehead atoms. The minimum absolute atomic E-state index is 0.00549. The molecule has 0 aliphatic carbocycles. The maximum atomic E-state index is 13.4. The molecule has 0 amide bonds. The van der Waals surface area contributed by atoms with E-state index in [1.807, 2.05) is 0 Å². The molecule has 2 aromatic rings. The highest BCUT2D eigenvalue weighted by molar-refractivity contribution is 6.35. The number of hydrogen-bond acceptors (Lipinski definition) is 4. The zero-order chi connectivity index (χ0) is 13.3. The standard InChI is InChI=1S/C10H6ClF3N4/c11-8-9(15)16-3-17-10(8)18-7-2-5(13)4(12)1-6(7)14/h1-3H,(H3,15,16,17,18). The van der Waals surface area contributed by atoms with Gasteiger partial charge in [-0.2, -0.15) is 0 Å². The van der Waals surface area contributed by atoms with Gasteiger partial charge in [-0.1, -0.05) is 11.6 Å². The van der Waals surface area contributed by atoms with Crippen molar-refractivity contribution in [3.63, 3.8) is 0 Å². The van der Waals surface area contributed by atoms with Crippen LogP contribution in [0.3, 0.4) is 0 Å². The molecule has 0 spiro atoms. The normalized spacial score (nSPS) is 10.4. The summed E-state index contributed by atoms with van der Waals surface area (Å²) in [5.41, 5.74) is 5.10. The number of aromatic nitrogens is 2. The molecule has 1 aromatic heterocycles. The average molecular weight is 275 g/mol. The Morgan fingerprint density at radius 3 is 2.44 bits per heavy atom. The summed E-state index contributed by atoms with van der Waals surface area (Å²) in [6, 6.07) is 1.06. The van der Waals surface area contributed by atoms with Crippen LogP contribution in [0.4, 0.5) is 30.5 Å². The molecule has 1 aromatic carbocycles. The van der Waals surface area contributed by atoms with Gasteiger partial charge in [0.05, 0.1) is 5.69 Å². The van der Waals surface area contributed by atoms with Gasteiger partial charge < -0.3 is 11.1 Å². The minimum atomic E-state index is -1.29. The number of halogens is 4. The van der Waals surface area contributed by atoms with Crippen LogP contribution in [0, 0.1) is 17.5 Å². The minimum Gasteiger partial charge on any atom is -0.382 e. The van der Waals surface area contributed by atoms with Crippen molar-refractivity contribution in [1.29, 1.82) is 0 Å². The van der Waals surface area contributed by atoms with E-state index in [-0.39, 0.29) is 22.3 Å². The monoisotopic (exact) mass is 274 g/mol. The fourth-order valence-electron chi connectivity index (χ4n) is 1.22. The predicted octanol–water partition coefficient (Wildman–Crippen LogP) is 2.87. The molecule has 0 saturated heterocycles. The van der Waals surface area contributed by atoms with E-state index in [9.17, 15) is 13.2 Å². The van der Waals surface area contributed by atoms with Gasteiger partial charge >= 0.3 is 0 Å². The lowest BCUT2D eigenvalue weighted by Crippen LogP contribution is -2.02. The van der Waals surface area contributed by atoms with Gasteiger partial charge in [0.2, 0.25) is 0 Å². The lowest BCUT2D eigenvalue weighted by atomic mass is 10.3. The summed E-state index contributed by atoms with van der Waals surface area (Å²) >= 11 is 5.76. The number of anilines is 3. The molecule has 0 aliphatic rings. The summed E-state index contributed by atoms with van der Waals surface area (Å²) in [6.07, 6.45) is 1.10. The van der Waals surface area contributed by atoms with Crippen molar-refractivity contribution in [3.05, 3.63) is 40.9 Å². The topological polar surface area (TPSA) is 63.8 Å². The maximum Gasteiger partial charge on any atom is 0.161 e. The number of nitrogens with two attached hydrogens (primary N) is 1. The van der Waals surface area contributed by atoms with Crippen LogP contribution >= 0.6 is 11.6 Å². The van der Waals surface area contributed by atoms with E-state index in [2.05, 4.69) is 15.3 Å². The van der Waals surface area contributed by atoms with Gasteiger partial charge in [0.25, 0.3) is 0 Å². The Balaban J connectivity index is 2.40. The van der Waals surface area contributed by atoms with Gasteiger partial charge in [-0.15, -0.1) is 0 Å². The Labute approximate surface area is 105 Å². The van der Waals surface area contributed by atoms with Gasteiger partial charge in [-0.05, 0) is 0 Å². The first kappa shape index (κ1) is 12.4. The van der Waals surface area contributed by atoms with Gasteiger partial charge in [-0.3, -0.25) is 0 Å². The van der Waals surface area contributed by atoms with Crippen LogP contribution in [0.5, 0.6) is 0 Å². The highest BCUT2D eigenvalue weighted by Gasteiger charge is 2.13. The molecule has 8 heteroatoms. The van der Waals surface area contributed by atoms with Gasteiger partial charge in [0.15, 0.2) is 17.5 Å². The Bertz CT molecular complexity index is 606. The van der Waals surface area contributed by atoms with Crippen LogP contribution in [-0.2, 0) is 0 Å². The lowest BCUT2D eigenvalue weighted by molar-refractivity contribution is 0.496. The zero-order valence-electron chi connectivity index (χ0n) is 8.72. The van der Waals surface area contributed by atoms with Crippen LogP contribution in [0.1, 0.15) is 0 Å². The van der Waals surface area contributed by atoms with E-state index >= 15 is 0 Å². The number of nitrogen functional groups attached to an aromatic ring is 1. The van der Waals surface area contributed by atoms with Crippen molar-refractivity contribution < 1.29 is 13.2 Å². The first-order valence-electron chi connectivity index (χ1n) is 4.66. The fourth-order valence-corrected chi connectivity index (χ4v) is 1.36. The van der Waals surface area contributed by atoms with E-state index < -0.39 is 17.5 Å². The molecule has 0 radical (unpaired) electrons. The van der Waals surface area contributed by atoms with E-state index in [0.717, 1.165) is 6.33 Å². The summed E-state index contributed by atoms with van der Waals surface area (Å²) in [7, 11) is 0. The van der Waals surface area contributed by atoms with E-state index in [1.54, 1.807) is 0 Å². The van der Waals surface area contributed by atoms with Crippen LogP contribution in [0.2, 0.25) is 5.02 Å². The summed E-state index contributed by atoms with van der Waals surface area (Å²) in [5, 5.41) is 2.36. The van der Waals surface area contributed by atoms with Crippen molar-refractivity contribution >= 4 is 28.9 Å². The largest absolute Gasteiger partial charge is 0.382 e. The predicted molar refractivity (Wildman–Crippen MR) is 61.1 cm³/mol. The molecule has 2 rings (SSSR count). The fraction of sp³-hybridized carbons (Fsp3) is 0. The highest BCUT2D eigenvalue weighted by atomic mass is 35.5. The third kappa shape index (κ3) is 2.30. The molecule has 0 fully saturated rings. The number of rotatable bonds is 2. The zero-order valence-corrected chi connectivity index (χ0v) is 9.47. The van der Waals surface area contributed by atoms with Crippen LogP contribution in [0.25, 0.3) is 0 Å². The van der Waals surface area contributed by atoms with E-state index in [0.29, 0.717) is 12.1 Å². The molecular weight excluding hydrogens is 269 g/mol. The van der Waals surface area contributed by atoms with Gasteiger partial charge in [-0.25, -0.2) is 23.1 Å². The second kappa shape index (κ2) is 4.69. The smallest absolute Gasteiger partial charge is 0.161 e. The first-order valence-corrected chi connectivity index (χ1v) is 5.04. The summed E-state index contributed by atoms with van der Waals surface area (Å²) in [6.45, 7) is 0. The van der Waals surface area contributed by atoms with E-state index in [4.69, 9.17) is 17.3 Å². The third-order valence-electron chi connectivity index (χ3n) is 2.08. The Morgan fingerprint density at radius 1 is 1.06 bits per heavy atom. The quantitative estimate of drug-likeness (QED) is 0.827. The van der Waals surface area contributed by atoms with E-state index in [1.165, 1.54) is 0 Å². The maximum absolute atomic E-state index is 13.4. The van der Waals surface area contributed by atoms with Crippen molar-refractivity contribution in [2.24, 2.45) is 0 Å². The van der Waals surface area contributed by atoms with Crippen LogP contribution < -0.4 is 11.1 Å². The molecule has 94 valence electrons. The lowest BCUT2D eigenvalue weighted by Gasteiger charge is -2.09. The first-order chi connectivity index (χ1) is 8.49. The molecule has 18 heavy (non-hydrogen) atoms. The Hall–Kier alpha value is -2.02. The second-order valence-electron chi connectivity index (χ2n) is 3.29. The van der Waals surface area contributed by atoms with Gasteiger partial charge in [0.1, 0.15) is 23.0 Å². The number of nitrogens with one attached hydrogen (secondary N) is 1. The molecule has 1 heterocycles. The van der Waals surface area contributed by atoms with Crippen molar-refractivity contribution in [3.8, 4) is 0 Å². The van der Waals surface area contributed by atoms with Crippen molar-refractivity contribution in [1.82, 2.24) is 9.97 Å². The highest BCUT2D eigenvalue weighted by Crippen LogP contribution is 2.28. The summed E-state index contributed by atoms with van der Waals surface area (Å²) in [5.74, 6) is -3.49. The number of benzene rings is 1. The van der Waals surface area contributed by atoms with Gasteiger partial charge in [0, 0.05) is 12.1 Å². The van der Waals surface area contributed by atoms with Crippen molar-refractivity contribution in [2.75, 3.05) is 11.1 Å². The Morgan fingerprint density at radius 2 is 1.72 bits per heavy atom. The average Bonchev–Trinajstić information content (AvgIpc) is 2.32. The third-order valence-corrected chi connectivity index (χ3v) is 2.45. The SMILES string of the molecule is Nc1ncnc(Nc2cc(F)c(F)cc2F)c1Cl.